The molecule has 0 aliphatic rings. The van der Waals surface area contributed by atoms with Crippen LogP contribution in [0, 0.1) is 0 Å². The lowest BCUT2D eigenvalue weighted by atomic mass is 10.1. The molecule has 0 aliphatic heterocycles. The van der Waals surface area contributed by atoms with Crippen molar-refractivity contribution in [1.82, 2.24) is 0 Å². The Hall–Kier alpha value is -0.560. The van der Waals surface area contributed by atoms with Gasteiger partial charge in [-0.3, -0.25) is 0 Å². The van der Waals surface area contributed by atoms with E-state index >= 15 is 0 Å². The first kappa shape index (κ1) is 10.4. The van der Waals surface area contributed by atoms with Gasteiger partial charge in [-0.05, 0) is 27.2 Å². The summed E-state index contributed by atoms with van der Waals surface area (Å²) in [6.45, 7) is 10.6. The fourth-order valence-corrected chi connectivity index (χ4v) is 1.07. The van der Waals surface area contributed by atoms with Crippen LogP contribution in [0.25, 0.3) is 0 Å². The van der Waals surface area contributed by atoms with Crippen LogP contribution in [0.3, 0.4) is 0 Å². The van der Waals surface area contributed by atoms with Gasteiger partial charge in [0.25, 0.3) is 0 Å². The van der Waals surface area contributed by atoms with E-state index < -0.39 is 0 Å². The van der Waals surface area contributed by atoms with Gasteiger partial charge in [-0.2, -0.15) is 0 Å². The number of hydrogen-bond donors (Lipinski definition) is 0. The standard InChI is InChI=1S/C10H18O/c1-5-7-9(3)8-10(4)11-6-2/h5,7,10H,1,6,8H2,2-4H3/b9-7+. The van der Waals surface area contributed by atoms with Crippen LogP contribution in [0.5, 0.6) is 0 Å². The largest absolute Gasteiger partial charge is 0.378 e. The summed E-state index contributed by atoms with van der Waals surface area (Å²) in [4.78, 5) is 0. The highest BCUT2D eigenvalue weighted by Gasteiger charge is 1.99. The molecule has 0 fully saturated rings. The van der Waals surface area contributed by atoms with Gasteiger partial charge >= 0.3 is 0 Å². The number of allylic oxidation sites excluding steroid dienone is 2. The fourth-order valence-electron chi connectivity index (χ4n) is 1.07. The van der Waals surface area contributed by atoms with Gasteiger partial charge in [-0.1, -0.05) is 24.3 Å². The van der Waals surface area contributed by atoms with Crippen molar-refractivity contribution in [1.29, 1.82) is 0 Å². The maximum Gasteiger partial charge on any atom is 0.0583 e. The monoisotopic (exact) mass is 154 g/mol. The van der Waals surface area contributed by atoms with E-state index in [9.17, 15) is 0 Å². The third kappa shape index (κ3) is 5.86. The van der Waals surface area contributed by atoms with Gasteiger partial charge in [0, 0.05) is 6.61 Å². The Morgan fingerprint density at radius 1 is 1.64 bits per heavy atom. The van der Waals surface area contributed by atoms with E-state index in [1.807, 2.05) is 19.1 Å². The van der Waals surface area contributed by atoms with Gasteiger partial charge in [0.2, 0.25) is 0 Å². The second-order valence-corrected chi connectivity index (χ2v) is 2.72. The highest BCUT2D eigenvalue weighted by Crippen LogP contribution is 2.06. The van der Waals surface area contributed by atoms with Crippen LogP contribution in [0.4, 0.5) is 0 Å². The van der Waals surface area contributed by atoms with Crippen molar-refractivity contribution >= 4 is 0 Å². The van der Waals surface area contributed by atoms with Crippen LogP contribution in [0.1, 0.15) is 27.2 Å². The molecule has 0 aromatic heterocycles. The molecule has 1 heteroatoms. The molecule has 0 aromatic rings. The Balaban J connectivity index is 3.64. The summed E-state index contributed by atoms with van der Waals surface area (Å²) in [6, 6.07) is 0. The first-order valence-electron chi connectivity index (χ1n) is 4.10. The summed E-state index contributed by atoms with van der Waals surface area (Å²) in [5, 5.41) is 0. The molecule has 0 saturated heterocycles. The zero-order chi connectivity index (χ0) is 8.69. The van der Waals surface area contributed by atoms with Crippen molar-refractivity contribution in [3.63, 3.8) is 0 Å². The van der Waals surface area contributed by atoms with Crippen molar-refractivity contribution in [3.8, 4) is 0 Å². The molecule has 0 bridgehead atoms. The predicted octanol–water partition coefficient (Wildman–Crippen LogP) is 2.93. The van der Waals surface area contributed by atoms with Crippen molar-refractivity contribution in [2.24, 2.45) is 0 Å². The van der Waals surface area contributed by atoms with E-state index in [1.165, 1.54) is 5.57 Å². The molecule has 0 N–H and O–H groups in total. The van der Waals surface area contributed by atoms with Gasteiger partial charge < -0.3 is 4.74 Å². The molecule has 0 spiro atoms. The number of rotatable bonds is 5. The van der Waals surface area contributed by atoms with Crippen LogP contribution < -0.4 is 0 Å². The third-order valence-corrected chi connectivity index (χ3v) is 1.46. The second-order valence-electron chi connectivity index (χ2n) is 2.72. The summed E-state index contributed by atoms with van der Waals surface area (Å²) in [7, 11) is 0. The Labute approximate surface area is 69.8 Å². The van der Waals surface area contributed by atoms with Gasteiger partial charge in [0.15, 0.2) is 0 Å². The number of hydrogen-bond acceptors (Lipinski definition) is 1. The average Bonchev–Trinajstić information content (AvgIpc) is 1.87. The molecule has 0 radical (unpaired) electrons. The summed E-state index contributed by atoms with van der Waals surface area (Å²) < 4.78 is 5.38. The topological polar surface area (TPSA) is 9.23 Å². The average molecular weight is 154 g/mol. The number of ether oxygens (including phenoxy) is 1. The second kappa shape index (κ2) is 6.17. The fraction of sp³-hybridized carbons (Fsp3) is 0.600. The van der Waals surface area contributed by atoms with Crippen molar-refractivity contribution in [2.45, 2.75) is 33.3 Å². The Morgan fingerprint density at radius 2 is 2.27 bits per heavy atom. The zero-order valence-electron chi connectivity index (χ0n) is 7.76. The summed E-state index contributed by atoms with van der Waals surface area (Å²) in [5.41, 5.74) is 1.32. The molecule has 0 amide bonds. The molecular formula is C10H18O. The van der Waals surface area contributed by atoms with Gasteiger partial charge in [0.1, 0.15) is 0 Å². The third-order valence-electron chi connectivity index (χ3n) is 1.46. The van der Waals surface area contributed by atoms with E-state index in [2.05, 4.69) is 20.4 Å². The van der Waals surface area contributed by atoms with Crippen molar-refractivity contribution in [3.05, 3.63) is 24.3 Å². The minimum atomic E-state index is 0.330. The minimum absolute atomic E-state index is 0.330. The molecule has 1 nitrogen and oxygen atoms in total. The molecule has 0 rings (SSSR count). The molecule has 0 aromatic carbocycles. The van der Waals surface area contributed by atoms with E-state index in [0.29, 0.717) is 6.10 Å². The van der Waals surface area contributed by atoms with E-state index in [0.717, 1.165) is 13.0 Å². The minimum Gasteiger partial charge on any atom is -0.378 e. The normalized spacial score (nSPS) is 14.6. The molecule has 0 saturated carbocycles. The summed E-state index contributed by atoms with van der Waals surface area (Å²) >= 11 is 0. The Bertz CT molecular complexity index is 136. The highest BCUT2D eigenvalue weighted by atomic mass is 16.5. The van der Waals surface area contributed by atoms with Crippen molar-refractivity contribution in [2.75, 3.05) is 6.61 Å². The maximum absolute atomic E-state index is 5.38. The van der Waals surface area contributed by atoms with Crippen LogP contribution in [-0.4, -0.2) is 12.7 Å². The van der Waals surface area contributed by atoms with Crippen molar-refractivity contribution < 1.29 is 4.74 Å². The molecule has 0 aliphatic carbocycles. The zero-order valence-corrected chi connectivity index (χ0v) is 7.76. The first-order chi connectivity index (χ1) is 5.20. The SMILES string of the molecule is C=C/C=C(\C)CC(C)OCC. The van der Waals surface area contributed by atoms with Crippen LogP contribution in [0.2, 0.25) is 0 Å². The predicted molar refractivity (Wildman–Crippen MR) is 49.7 cm³/mol. The molecule has 64 valence electrons. The van der Waals surface area contributed by atoms with E-state index in [1.54, 1.807) is 0 Å². The Kier molecular flexibility index (Phi) is 5.86. The van der Waals surface area contributed by atoms with Crippen LogP contribution >= 0.6 is 0 Å². The van der Waals surface area contributed by atoms with E-state index in [4.69, 9.17) is 4.74 Å². The first-order valence-corrected chi connectivity index (χ1v) is 4.10. The summed E-state index contributed by atoms with van der Waals surface area (Å²) in [5.74, 6) is 0. The molecular weight excluding hydrogens is 136 g/mol. The molecule has 1 atom stereocenters. The lowest BCUT2D eigenvalue weighted by molar-refractivity contribution is 0.0768. The van der Waals surface area contributed by atoms with Gasteiger partial charge in [-0.25, -0.2) is 0 Å². The maximum atomic E-state index is 5.38. The molecule has 1 unspecified atom stereocenters. The molecule has 11 heavy (non-hydrogen) atoms. The van der Waals surface area contributed by atoms with Gasteiger partial charge in [0.05, 0.1) is 6.10 Å². The lowest BCUT2D eigenvalue weighted by Crippen LogP contribution is -2.07. The quantitative estimate of drug-likeness (QED) is 0.553. The van der Waals surface area contributed by atoms with Gasteiger partial charge in [-0.15, -0.1) is 0 Å². The Morgan fingerprint density at radius 3 is 2.73 bits per heavy atom. The summed E-state index contributed by atoms with van der Waals surface area (Å²) in [6.07, 6.45) is 5.17. The van der Waals surface area contributed by atoms with Crippen LogP contribution in [-0.2, 0) is 4.74 Å². The van der Waals surface area contributed by atoms with E-state index in [-0.39, 0.29) is 0 Å². The van der Waals surface area contributed by atoms with Crippen LogP contribution in [0.15, 0.2) is 24.3 Å². The smallest absolute Gasteiger partial charge is 0.0583 e. The molecule has 0 heterocycles. The lowest BCUT2D eigenvalue weighted by Gasteiger charge is -2.10. The highest BCUT2D eigenvalue weighted by molar-refractivity contribution is 5.08.